The number of anilines is 1. The van der Waals surface area contributed by atoms with Crippen LogP contribution in [0.15, 0.2) is 18.3 Å². The summed E-state index contributed by atoms with van der Waals surface area (Å²) >= 11 is 0. The van der Waals surface area contributed by atoms with Crippen LogP contribution in [-0.4, -0.2) is 29.0 Å². The number of nitrogens with one attached hydrogen (secondary N) is 1. The summed E-state index contributed by atoms with van der Waals surface area (Å²) in [6.45, 7) is 4.63. The molecule has 3 nitrogen and oxygen atoms in total. The average Bonchev–Trinajstić information content (AvgIpc) is 3.05. The monoisotopic (exact) mass is 231 g/mol. The van der Waals surface area contributed by atoms with Gasteiger partial charge in [0.2, 0.25) is 0 Å². The molecule has 1 aliphatic carbocycles. The minimum atomic E-state index is 0.579. The average molecular weight is 231 g/mol. The van der Waals surface area contributed by atoms with Crippen molar-refractivity contribution in [3.63, 3.8) is 0 Å². The Morgan fingerprint density at radius 3 is 3.06 bits per heavy atom. The molecule has 1 saturated carbocycles. The molecule has 17 heavy (non-hydrogen) atoms. The van der Waals surface area contributed by atoms with Crippen LogP contribution in [0.5, 0.6) is 0 Å². The normalized spacial score (nSPS) is 25.1. The number of pyridine rings is 1. The van der Waals surface area contributed by atoms with Crippen LogP contribution < -0.4 is 5.32 Å². The maximum Gasteiger partial charge on any atom is 0.130 e. The molecule has 0 spiro atoms. The van der Waals surface area contributed by atoms with Gasteiger partial charge in [-0.3, -0.25) is 4.90 Å². The van der Waals surface area contributed by atoms with E-state index in [9.17, 15) is 0 Å². The summed E-state index contributed by atoms with van der Waals surface area (Å²) in [6.07, 6.45) is 7.10. The topological polar surface area (TPSA) is 28.2 Å². The van der Waals surface area contributed by atoms with Crippen molar-refractivity contribution in [3.05, 3.63) is 23.9 Å². The van der Waals surface area contributed by atoms with Crippen molar-refractivity contribution in [2.75, 3.05) is 18.4 Å². The van der Waals surface area contributed by atoms with Gasteiger partial charge in [-0.1, -0.05) is 13.0 Å². The summed E-state index contributed by atoms with van der Waals surface area (Å²) in [7, 11) is 0. The Morgan fingerprint density at radius 1 is 1.41 bits per heavy atom. The number of nitrogens with zero attached hydrogens (tertiary/aromatic N) is 2. The minimum absolute atomic E-state index is 0.579. The Balaban J connectivity index is 1.84. The first kappa shape index (κ1) is 11.0. The zero-order chi connectivity index (χ0) is 11.7. The molecule has 0 unspecified atom stereocenters. The van der Waals surface area contributed by atoms with Gasteiger partial charge < -0.3 is 5.32 Å². The third-order valence-electron chi connectivity index (χ3n) is 3.89. The third-order valence-corrected chi connectivity index (χ3v) is 3.89. The van der Waals surface area contributed by atoms with Crippen LogP contribution in [0.1, 0.15) is 44.2 Å². The molecule has 2 aliphatic rings. The highest BCUT2D eigenvalue weighted by molar-refractivity contribution is 5.47. The maximum absolute atomic E-state index is 4.53. The van der Waals surface area contributed by atoms with Crippen LogP contribution in [-0.2, 0) is 0 Å². The largest absolute Gasteiger partial charge is 0.367 e. The van der Waals surface area contributed by atoms with E-state index in [0.29, 0.717) is 12.1 Å². The predicted octanol–water partition coefficient (Wildman–Crippen LogP) is 2.81. The van der Waals surface area contributed by atoms with Crippen molar-refractivity contribution in [1.29, 1.82) is 0 Å². The molecule has 3 rings (SSSR count). The van der Waals surface area contributed by atoms with Crippen LogP contribution in [0.25, 0.3) is 0 Å². The van der Waals surface area contributed by atoms with Crippen LogP contribution >= 0.6 is 0 Å². The van der Waals surface area contributed by atoms with Crippen molar-refractivity contribution < 1.29 is 0 Å². The Kier molecular flexibility index (Phi) is 3.02. The number of hydrogen-bond donors (Lipinski definition) is 1. The number of aromatic nitrogens is 1. The maximum atomic E-state index is 4.53. The fraction of sp³-hybridized carbons (Fsp3) is 0.643. The zero-order valence-electron chi connectivity index (χ0n) is 10.5. The SMILES string of the molecule is CCN1CCC[C@H]1c1cccnc1NC1CC1. The molecule has 92 valence electrons. The van der Waals surface area contributed by atoms with E-state index in [4.69, 9.17) is 0 Å². The Hall–Kier alpha value is -1.09. The molecule has 1 atom stereocenters. The van der Waals surface area contributed by atoms with Gasteiger partial charge in [0, 0.05) is 23.8 Å². The lowest BCUT2D eigenvalue weighted by molar-refractivity contribution is 0.272. The van der Waals surface area contributed by atoms with Crippen LogP contribution in [0.2, 0.25) is 0 Å². The van der Waals surface area contributed by atoms with Gasteiger partial charge in [-0.2, -0.15) is 0 Å². The van der Waals surface area contributed by atoms with E-state index in [1.807, 2.05) is 6.20 Å². The number of hydrogen-bond acceptors (Lipinski definition) is 3. The van der Waals surface area contributed by atoms with Gasteiger partial charge in [0.15, 0.2) is 0 Å². The highest BCUT2D eigenvalue weighted by Gasteiger charge is 2.29. The number of rotatable bonds is 4. The minimum Gasteiger partial charge on any atom is -0.367 e. The lowest BCUT2D eigenvalue weighted by Gasteiger charge is -2.24. The quantitative estimate of drug-likeness (QED) is 0.863. The van der Waals surface area contributed by atoms with Crippen molar-refractivity contribution in [1.82, 2.24) is 9.88 Å². The van der Waals surface area contributed by atoms with E-state index in [1.165, 1.54) is 37.8 Å². The van der Waals surface area contributed by atoms with E-state index < -0.39 is 0 Å². The highest BCUT2D eigenvalue weighted by atomic mass is 15.2. The molecule has 2 fully saturated rings. The second-order valence-corrected chi connectivity index (χ2v) is 5.15. The predicted molar refractivity (Wildman–Crippen MR) is 70.1 cm³/mol. The van der Waals surface area contributed by atoms with Crippen LogP contribution in [0.3, 0.4) is 0 Å². The molecule has 2 heterocycles. The summed E-state index contributed by atoms with van der Waals surface area (Å²) < 4.78 is 0. The third kappa shape index (κ3) is 2.29. The van der Waals surface area contributed by atoms with Gasteiger partial charge >= 0.3 is 0 Å². The van der Waals surface area contributed by atoms with E-state index in [2.05, 4.69) is 34.3 Å². The molecule has 1 saturated heterocycles. The van der Waals surface area contributed by atoms with Gasteiger partial charge in [0.25, 0.3) is 0 Å². The van der Waals surface area contributed by atoms with Gasteiger partial charge in [0.05, 0.1) is 0 Å². The molecule has 1 aromatic heterocycles. The van der Waals surface area contributed by atoms with Crippen molar-refractivity contribution in [3.8, 4) is 0 Å². The molecule has 0 aromatic carbocycles. The lowest BCUT2D eigenvalue weighted by Crippen LogP contribution is -2.23. The molecular formula is C14H21N3. The highest BCUT2D eigenvalue weighted by Crippen LogP contribution is 2.36. The van der Waals surface area contributed by atoms with E-state index >= 15 is 0 Å². The molecule has 0 amide bonds. The first-order valence-electron chi connectivity index (χ1n) is 6.84. The summed E-state index contributed by atoms with van der Waals surface area (Å²) in [4.78, 5) is 7.10. The standard InChI is InChI=1S/C14H21N3/c1-2-17-10-4-6-13(17)12-5-3-9-15-14(12)16-11-7-8-11/h3,5,9,11,13H,2,4,6-8,10H2,1H3,(H,15,16)/t13-/m0/s1. The molecular weight excluding hydrogens is 210 g/mol. The molecule has 1 aromatic rings. The summed E-state index contributed by atoms with van der Waals surface area (Å²) in [5, 5.41) is 3.57. The fourth-order valence-electron chi connectivity index (χ4n) is 2.79. The fourth-order valence-corrected chi connectivity index (χ4v) is 2.79. The van der Waals surface area contributed by atoms with Crippen LogP contribution in [0.4, 0.5) is 5.82 Å². The Morgan fingerprint density at radius 2 is 2.29 bits per heavy atom. The summed E-state index contributed by atoms with van der Waals surface area (Å²) in [5.74, 6) is 1.13. The molecule has 0 bridgehead atoms. The lowest BCUT2D eigenvalue weighted by atomic mass is 10.1. The molecule has 1 N–H and O–H groups in total. The molecule has 1 aliphatic heterocycles. The Bertz CT molecular complexity index is 387. The molecule has 3 heteroatoms. The Labute approximate surface area is 103 Å². The first-order valence-corrected chi connectivity index (χ1v) is 6.84. The van der Waals surface area contributed by atoms with E-state index in [-0.39, 0.29) is 0 Å². The summed E-state index contributed by atoms with van der Waals surface area (Å²) in [6, 6.07) is 5.57. The summed E-state index contributed by atoms with van der Waals surface area (Å²) in [5.41, 5.74) is 1.40. The van der Waals surface area contributed by atoms with Gasteiger partial charge in [-0.15, -0.1) is 0 Å². The van der Waals surface area contributed by atoms with Gasteiger partial charge in [-0.05, 0) is 44.8 Å². The van der Waals surface area contributed by atoms with E-state index in [0.717, 1.165) is 12.4 Å². The number of likely N-dealkylation sites (tertiary alicyclic amines) is 1. The second kappa shape index (κ2) is 4.65. The van der Waals surface area contributed by atoms with Gasteiger partial charge in [0.1, 0.15) is 5.82 Å². The smallest absolute Gasteiger partial charge is 0.130 e. The van der Waals surface area contributed by atoms with Crippen LogP contribution in [0, 0.1) is 0 Å². The van der Waals surface area contributed by atoms with Gasteiger partial charge in [-0.25, -0.2) is 4.98 Å². The van der Waals surface area contributed by atoms with Crippen molar-refractivity contribution in [2.24, 2.45) is 0 Å². The molecule has 0 radical (unpaired) electrons. The second-order valence-electron chi connectivity index (χ2n) is 5.15. The van der Waals surface area contributed by atoms with E-state index in [1.54, 1.807) is 0 Å². The first-order chi connectivity index (χ1) is 8.38. The van der Waals surface area contributed by atoms with Crippen molar-refractivity contribution in [2.45, 2.75) is 44.7 Å². The van der Waals surface area contributed by atoms with Crippen molar-refractivity contribution >= 4 is 5.82 Å². The zero-order valence-corrected chi connectivity index (χ0v) is 10.5.